The monoisotopic (exact) mass is 309 g/mol. The molecule has 0 amide bonds. The number of para-hydroxylation sites is 1. The van der Waals surface area contributed by atoms with Gasteiger partial charge in [-0.05, 0) is 44.5 Å². The van der Waals surface area contributed by atoms with E-state index < -0.39 is 0 Å². The summed E-state index contributed by atoms with van der Waals surface area (Å²) in [6, 6.07) is 13.5. The van der Waals surface area contributed by atoms with Crippen molar-refractivity contribution in [2.24, 2.45) is 0 Å². The Morgan fingerprint density at radius 2 is 1.83 bits per heavy atom. The van der Waals surface area contributed by atoms with Gasteiger partial charge < -0.3 is 9.47 Å². The maximum atomic E-state index is 5.98. The van der Waals surface area contributed by atoms with Crippen LogP contribution in [0.3, 0.4) is 0 Å². The Labute approximate surface area is 135 Å². The summed E-state index contributed by atoms with van der Waals surface area (Å²) in [5.41, 5.74) is 1.94. The summed E-state index contributed by atoms with van der Waals surface area (Å²) in [4.78, 5) is 4.42. The lowest BCUT2D eigenvalue weighted by Gasteiger charge is -2.07. The van der Waals surface area contributed by atoms with Crippen LogP contribution in [0, 0.1) is 13.8 Å². The van der Waals surface area contributed by atoms with Crippen LogP contribution in [0.1, 0.15) is 18.2 Å². The van der Waals surface area contributed by atoms with E-state index in [0.29, 0.717) is 18.2 Å². The van der Waals surface area contributed by atoms with Gasteiger partial charge in [0.15, 0.2) is 5.82 Å². The van der Waals surface area contributed by atoms with Gasteiger partial charge in [-0.25, -0.2) is 9.67 Å². The third kappa shape index (κ3) is 3.18. The summed E-state index contributed by atoms with van der Waals surface area (Å²) in [6.07, 6.45) is 1.81. The molecule has 0 saturated heterocycles. The van der Waals surface area contributed by atoms with Crippen LogP contribution in [0.5, 0.6) is 17.4 Å². The molecule has 5 heteroatoms. The van der Waals surface area contributed by atoms with Crippen LogP contribution < -0.4 is 9.47 Å². The average Bonchev–Trinajstić information content (AvgIpc) is 2.86. The molecule has 0 aliphatic carbocycles. The predicted molar refractivity (Wildman–Crippen MR) is 88.5 cm³/mol. The number of ether oxygens (including phenoxy) is 2. The first kappa shape index (κ1) is 15.1. The zero-order valence-electron chi connectivity index (χ0n) is 13.5. The van der Waals surface area contributed by atoms with E-state index in [1.807, 2.05) is 69.4 Å². The van der Waals surface area contributed by atoms with Crippen LogP contribution in [0.25, 0.3) is 5.82 Å². The summed E-state index contributed by atoms with van der Waals surface area (Å²) in [7, 11) is 0. The number of benzene rings is 1. The second-order valence-corrected chi connectivity index (χ2v) is 5.17. The van der Waals surface area contributed by atoms with E-state index in [0.717, 1.165) is 22.8 Å². The Morgan fingerprint density at radius 1 is 1.04 bits per heavy atom. The summed E-state index contributed by atoms with van der Waals surface area (Å²) >= 11 is 0. The minimum absolute atomic E-state index is 0.469. The molecule has 0 fully saturated rings. The number of nitrogens with zero attached hydrogens (tertiary/aromatic N) is 3. The smallest absolute Gasteiger partial charge is 0.277 e. The highest BCUT2D eigenvalue weighted by atomic mass is 16.5. The molecule has 3 rings (SSSR count). The Hall–Kier alpha value is -2.82. The van der Waals surface area contributed by atoms with Crippen LogP contribution >= 0.6 is 0 Å². The summed E-state index contributed by atoms with van der Waals surface area (Å²) in [6.45, 7) is 6.38. The molecule has 0 atom stereocenters. The van der Waals surface area contributed by atoms with Gasteiger partial charge in [0, 0.05) is 6.20 Å². The van der Waals surface area contributed by atoms with Crippen LogP contribution in [-0.2, 0) is 0 Å². The lowest BCUT2D eigenvalue weighted by molar-refractivity contribution is 0.308. The highest BCUT2D eigenvalue weighted by Gasteiger charge is 2.19. The van der Waals surface area contributed by atoms with Gasteiger partial charge in [-0.2, -0.15) is 0 Å². The number of hydrogen-bond donors (Lipinski definition) is 0. The summed E-state index contributed by atoms with van der Waals surface area (Å²) < 4.78 is 13.4. The molecule has 3 aromatic rings. The van der Waals surface area contributed by atoms with Crippen LogP contribution in [0.4, 0.5) is 0 Å². The maximum Gasteiger partial charge on any atom is 0.277 e. The SMILES string of the molecule is CCOc1nn(-c2ccc(C)cn2)c(C)c1Oc1ccccc1. The van der Waals surface area contributed by atoms with Crippen LogP contribution in [0.2, 0.25) is 0 Å². The van der Waals surface area contributed by atoms with Gasteiger partial charge in [-0.1, -0.05) is 24.3 Å². The molecule has 23 heavy (non-hydrogen) atoms. The number of hydrogen-bond acceptors (Lipinski definition) is 4. The summed E-state index contributed by atoms with van der Waals surface area (Å²) in [5, 5.41) is 4.50. The van der Waals surface area contributed by atoms with Crippen molar-refractivity contribution in [3.63, 3.8) is 0 Å². The minimum Gasteiger partial charge on any atom is -0.474 e. The number of aromatic nitrogens is 3. The highest BCUT2D eigenvalue weighted by molar-refractivity contribution is 5.45. The third-order valence-electron chi connectivity index (χ3n) is 3.39. The number of aryl methyl sites for hydroxylation is 1. The molecular weight excluding hydrogens is 290 g/mol. The van der Waals surface area contributed by atoms with Crippen molar-refractivity contribution in [2.45, 2.75) is 20.8 Å². The van der Waals surface area contributed by atoms with E-state index >= 15 is 0 Å². The molecule has 0 aliphatic heterocycles. The largest absolute Gasteiger partial charge is 0.474 e. The van der Waals surface area contributed by atoms with Gasteiger partial charge in [-0.3, -0.25) is 0 Å². The van der Waals surface area contributed by atoms with E-state index in [1.54, 1.807) is 4.68 Å². The Bertz CT molecular complexity index is 780. The molecular formula is C18H19N3O2. The number of rotatable bonds is 5. The van der Waals surface area contributed by atoms with E-state index in [2.05, 4.69) is 10.1 Å². The Balaban J connectivity index is 2.02. The summed E-state index contributed by atoms with van der Waals surface area (Å²) in [5.74, 6) is 2.56. The van der Waals surface area contributed by atoms with Crippen LogP contribution in [-0.4, -0.2) is 21.4 Å². The molecule has 2 aromatic heterocycles. The molecule has 0 unspecified atom stereocenters. The van der Waals surface area contributed by atoms with Crippen LogP contribution in [0.15, 0.2) is 48.7 Å². The number of pyridine rings is 1. The fourth-order valence-electron chi connectivity index (χ4n) is 2.23. The van der Waals surface area contributed by atoms with Crippen molar-refractivity contribution < 1.29 is 9.47 Å². The maximum absolute atomic E-state index is 5.98. The average molecular weight is 309 g/mol. The van der Waals surface area contributed by atoms with Gasteiger partial charge in [0.2, 0.25) is 5.75 Å². The Kier molecular flexibility index (Phi) is 4.28. The van der Waals surface area contributed by atoms with E-state index in [9.17, 15) is 0 Å². The molecule has 0 N–H and O–H groups in total. The van der Waals surface area contributed by atoms with E-state index in [4.69, 9.17) is 9.47 Å². The zero-order chi connectivity index (χ0) is 16.2. The molecule has 5 nitrogen and oxygen atoms in total. The fourth-order valence-corrected chi connectivity index (χ4v) is 2.23. The first-order chi connectivity index (χ1) is 11.2. The van der Waals surface area contributed by atoms with Crippen molar-refractivity contribution in [3.8, 4) is 23.2 Å². The van der Waals surface area contributed by atoms with Crippen molar-refractivity contribution in [1.82, 2.24) is 14.8 Å². The minimum atomic E-state index is 0.469. The molecule has 0 saturated carbocycles. The van der Waals surface area contributed by atoms with Crippen molar-refractivity contribution >= 4 is 0 Å². The molecule has 1 aromatic carbocycles. The van der Waals surface area contributed by atoms with Crippen molar-refractivity contribution in [3.05, 3.63) is 59.9 Å². The fraction of sp³-hybridized carbons (Fsp3) is 0.222. The van der Waals surface area contributed by atoms with Gasteiger partial charge >= 0.3 is 0 Å². The zero-order valence-corrected chi connectivity index (χ0v) is 13.5. The quantitative estimate of drug-likeness (QED) is 0.712. The van der Waals surface area contributed by atoms with Gasteiger partial charge in [0.25, 0.3) is 5.88 Å². The third-order valence-corrected chi connectivity index (χ3v) is 3.39. The van der Waals surface area contributed by atoms with Gasteiger partial charge in [-0.15, -0.1) is 5.10 Å². The highest BCUT2D eigenvalue weighted by Crippen LogP contribution is 2.35. The van der Waals surface area contributed by atoms with E-state index in [-0.39, 0.29) is 0 Å². The molecule has 0 spiro atoms. The lowest BCUT2D eigenvalue weighted by Crippen LogP contribution is -2.02. The molecule has 0 radical (unpaired) electrons. The second kappa shape index (κ2) is 6.52. The first-order valence-electron chi connectivity index (χ1n) is 7.57. The topological polar surface area (TPSA) is 49.2 Å². The van der Waals surface area contributed by atoms with Gasteiger partial charge in [0.05, 0.1) is 12.3 Å². The van der Waals surface area contributed by atoms with E-state index in [1.165, 1.54) is 0 Å². The standard InChI is InChI=1S/C18H19N3O2/c1-4-22-18-17(23-15-8-6-5-7-9-15)14(3)21(20-18)16-11-10-13(2)12-19-16/h5-12H,4H2,1-3H3. The predicted octanol–water partition coefficient (Wildman–Crippen LogP) is 4.08. The lowest BCUT2D eigenvalue weighted by atomic mass is 10.3. The first-order valence-corrected chi connectivity index (χ1v) is 7.57. The molecule has 2 heterocycles. The second-order valence-electron chi connectivity index (χ2n) is 5.17. The van der Waals surface area contributed by atoms with Crippen molar-refractivity contribution in [2.75, 3.05) is 6.61 Å². The normalized spacial score (nSPS) is 10.6. The molecule has 118 valence electrons. The van der Waals surface area contributed by atoms with Crippen molar-refractivity contribution in [1.29, 1.82) is 0 Å². The molecule has 0 aliphatic rings. The van der Waals surface area contributed by atoms with Gasteiger partial charge in [0.1, 0.15) is 5.75 Å². The Morgan fingerprint density at radius 3 is 2.48 bits per heavy atom. The molecule has 0 bridgehead atoms.